The fourth-order valence-electron chi connectivity index (χ4n) is 16.5. The molecule has 2 saturated heterocycles. The van der Waals surface area contributed by atoms with Gasteiger partial charge < -0.3 is 33.5 Å². The molecule has 1 aromatic heterocycles. The number of esters is 2. The number of nitrogens with one attached hydrogen (secondary N) is 2. The minimum Gasteiger partial charge on any atom is -0.497 e. The van der Waals surface area contributed by atoms with E-state index < -0.39 is 142 Å². The van der Waals surface area contributed by atoms with Gasteiger partial charge in [0.05, 0.1) is 95.9 Å². The highest BCUT2D eigenvalue weighted by Crippen LogP contribution is 2.59. The average molecular weight is 1520 g/mol. The molecule has 6 bridgehead atoms. The van der Waals surface area contributed by atoms with Crippen LogP contribution in [0.25, 0.3) is 11.0 Å². The number of hydrogen-bond acceptors (Lipinski definition) is 20. The Labute approximate surface area is 628 Å². The number of carbonyl (C=O) groups is 9. The van der Waals surface area contributed by atoms with Crippen LogP contribution in [0.4, 0.5) is 4.79 Å². The number of ketones is 2. The van der Waals surface area contributed by atoms with E-state index in [1.807, 2.05) is 65.8 Å². The SMILES string of the molecule is C=C[C@@H]1C[C@]1(CC(=O)[C@@H]1C[C@@H]2CN1C(=O)[C@H](C(C)(C)C)CC(=O)OCC(C)(C)CCCCc1cccc3c1CN(C3)C(=O)O2)C(=O)NS(=O)(=O)C1CC1.C=C[C@@H]1C[C@]1(CC(=O)[C@@H]1C[C@@H]2CN1C(=O)[C@H](C(C)(C)C)CC(=O)O[C@@H]1C[C@H]1CCCCCc1nc3ccc(OC)cc3nc1O2)C(=O)NS(=O)(=O)C1CC1. The Balaban J connectivity index is 0.000000200. The van der Waals surface area contributed by atoms with Gasteiger partial charge in [0.15, 0.2) is 11.6 Å². The second kappa shape index (κ2) is 30.6. The molecule has 5 saturated carbocycles. The number of carbonyl (C=O) groups excluding carboxylic acids is 9. The first-order valence-corrected chi connectivity index (χ1v) is 41.5. The molecular formula is C80H107N7O18S2. The van der Waals surface area contributed by atoms with Crippen LogP contribution in [-0.4, -0.2) is 162 Å². The van der Waals surface area contributed by atoms with Gasteiger partial charge in [0.2, 0.25) is 49.6 Å². The molecule has 5 aliphatic carbocycles. The standard InChI is InChI=1S/C40H52N4O9S.C40H55N3O9S/c1-6-24-20-40(24,38(48)43-54(49,50)27-13-14-27)21-33(45)32-18-26-22-44(32)37(47)28(39(2,3)4)19-35(46)53-34-16-23(34)10-8-7-9-11-30-36(52-26)42-31-17-25(51-5)12-15-29(31)41-30;1-7-27-19-40(27,36(47)41-53(49,50)29-14-15-29)20-33(44)32-17-28-22-43(32)35(46)31(38(2,3)4)18-34(45)51-24-39(5,6)16-9-8-11-25-12-10-13-26-21-42(23-30(25)26)37(48)52-28/h6,12,15,17,23-24,26-28,32,34H,1,7-11,13-14,16,18-22H2,2-5H3,(H,43,48);7,10,12-13,27-29,31-32H,1,8-9,11,14-24H2,2-6H3,(H,41,47)/t23-,24-,26-,28-,32+,34-,40-;27-,28-,31-,32+,40-/m11/s1. The fourth-order valence-corrected chi connectivity index (χ4v) is 19.3. The van der Waals surface area contributed by atoms with E-state index in [-0.39, 0.29) is 94.3 Å². The molecule has 10 aliphatic rings. The van der Waals surface area contributed by atoms with Gasteiger partial charge in [-0.3, -0.25) is 52.7 Å². The van der Waals surface area contributed by atoms with Crippen molar-refractivity contribution in [2.75, 3.05) is 26.8 Å². The second-order valence-electron chi connectivity index (χ2n) is 34.9. The molecule has 3 aromatic rings. The summed E-state index contributed by atoms with van der Waals surface area (Å²) in [4.78, 5) is 140. The minimum absolute atomic E-state index is 0.00861. The molecule has 107 heavy (non-hydrogen) atoms. The molecule has 0 spiro atoms. The van der Waals surface area contributed by atoms with Gasteiger partial charge in [-0.05, 0) is 146 Å². The van der Waals surface area contributed by atoms with Crippen LogP contribution in [0, 0.1) is 56.7 Å². The number of aromatic nitrogens is 2. The molecule has 582 valence electrons. The molecule has 5 amide bonds. The number of fused-ring (bicyclic) bond motifs is 8. The van der Waals surface area contributed by atoms with Crippen LogP contribution in [0.1, 0.15) is 206 Å². The van der Waals surface area contributed by atoms with Crippen LogP contribution in [0.15, 0.2) is 61.7 Å². The molecule has 6 heterocycles. The minimum atomic E-state index is -3.86. The first-order valence-electron chi connectivity index (χ1n) is 38.4. The van der Waals surface area contributed by atoms with Crippen molar-refractivity contribution in [1.29, 1.82) is 0 Å². The number of aryl methyl sites for hydroxylation is 2. The largest absolute Gasteiger partial charge is 0.497 e. The highest BCUT2D eigenvalue weighted by Gasteiger charge is 2.63. The number of nitrogens with zero attached hydrogens (tertiary/aromatic N) is 5. The lowest BCUT2D eigenvalue weighted by Crippen LogP contribution is -2.48. The fraction of sp³-hybridized carbons (Fsp3) is 0.662. The van der Waals surface area contributed by atoms with Gasteiger partial charge in [-0.2, -0.15) is 0 Å². The van der Waals surface area contributed by atoms with Crippen LogP contribution in [0.5, 0.6) is 11.6 Å². The first-order chi connectivity index (χ1) is 50.4. The molecule has 27 heteroatoms. The molecule has 2 aromatic carbocycles. The number of benzene rings is 2. The van der Waals surface area contributed by atoms with Crippen molar-refractivity contribution in [1.82, 2.24) is 34.1 Å². The van der Waals surface area contributed by atoms with E-state index in [2.05, 4.69) is 42.5 Å². The molecule has 13 rings (SSSR count). The van der Waals surface area contributed by atoms with Crippen molar-refractivity contribution in [3.63, 3.8) is 0 Å². The monoisotopic (exact) mass is 1520 g/mol. The third kappa shape index (κ3) is 17.9. The van der Waals surface area contributed by atoms with Gasteiger partial charge in [-0.25, -0.2) is 31.6 Å². The van der Waals surface area contributed by atoms with Crippen molar-refractivity contribution >= 4 is 84.3 Å². The van der Waals surface area contributed by atoms with E-state index in [4.69, 9.17) is 33.7 Å². The summed E-state index contributed by atoms with van der Waals surface area (Å²) < 4.78 is 85.1. The van der Waals surface area contributed by atoms with Crippen molar-refractivity contribution in [2.24, 2.45) is 56.7 Å². The summed E-state index contributed by atoms with van der Waals surface area (Å²) in [5.74, 6) is -5.25. The zero-order valence-corrected chi connectivity index (χ0v) is 65.1. The Morgan fingerprint density at radius 3 is 1.74 bits per heavy atom. The number of hydrogen-bond donors (Lipinski definition) is 2. The van der Waals surface area contributed by atoms with Gasteiger partial charge in [-0.15, -0.1) is 13.2 Å². The van der Waals surface area contributed by atoms with Gasteiger partial charge in [-0.1, -0.05) is 105 Å². The lowest BCUT2D eigenvalue weighted by atomic mass is 9.77. The van der Waals surface area contributed by atoms with E-state index >= 15 is 0 Å². The average Bonchev–Trinajstić information content (AvgIpc) is 1.58. The zero-order valence-electron chi connectivity index (χ0n) is 63.5. The maximum absolute atomic E-state index is 14.7. The molecule has 12 atom stereocenters. The van der Waals surface area contributed by atoms with Crippen molar-refractivity contribution in [2.45, 2.75) is 251 Å². The van der Waals surface area contributed by atoms with E-state index in [1.165, 1.54) is 15.4 Å². The molecule has 25 nitrogen and oxygen atoms in total. The number of ether oxygens (including phenoxy) is 5. The number of cyclic esters (lactones) is 1. The predicted molar refractivity (Wildman–Crippen MR) is 395 cm³/mol. The zero-order chi connectivity index (χ0) is 77.1. The van der Waals surface area contributed by atoms with E-state index in [0.29, 0.717) is 79.5 Å². The molecule has 7 fully saturated rings. The van der Waals surface area contributed by atoms with Gasteiger partial charge in [0.1, 0.15) is 29.8 Å². The quantitative estimate of drug-likeness (QED) is 0.0811. The highest BCUT2D eigenvalue weighted by molar-refractivity contribution is 7.91. The number of amides is 5. The lowest BCUT2D eigenvalue weighted by molar-refractivity contribution is -0.155. The molecule has 0 radical (unpaired) electrons. The number of Topliss-reactive ketones (excluding diaryl/α,β-unsaturated/α-hetero) is 2. The van der Waals surface area contributed by atoms with Gasteiger partial charge >= 0.3 is 18.0 Å². The molecular weight excluding hydrogens is 1410 g/mol. The van der Waals surface area contributed by atoms with E-state index in [9.17, 15) is 60.0 Å². The van der Waals surface area contributed by atoms with Crippen LogP contribution >= 0.6 is 0 Å². The van der Waals surface area contributed by atoms with Gasteiger partial charge in [0, 0.05) is 44.8 Å². The summed E-state index contributed by atoms with van der Waals surface area (Å²) in [5.41, 5.74) is 1.10. The summed E-state index contributed by atoms with van der Waals surface area (Å²) in [6.07, 6.45) is 11.3. The van der Waals surface area contributed by atoms with Crippen LogP contribution in [0.2, 0.25) is 0 Å². The molecule has 5 aliphatic heterocycles. The Morgan fingerprint density at radius 1 is 0.645 bits per heavy atom. The normalized spacial score (nSPS) is 30.0. The van der Waals surface area contributed by atoms with E-state index in [1.54, 1.807) is 30.2 Å². The predicted octanol–water partition coefficient (Wildman–Crippen LogP) is 10.1. The van der Waals surface area contributed by atoms with Crippen molar-refractivity contribution in [3.8, 4) is 11.6 Å². The maximum Gasteiger partial charge on any atom is 0.410 e. The number of sulfonamides is 2. The Morgan fingerprint density at radius 2 is 1.20 bits per heavy atom. The lowest BCUT2D eigenvalue weighted by Gasteiger charge is -2.35. The Kier molecular flexibility index (Phi) is 22.5. The Hall–Kier alpha value is -7.81. The number of allylic oxidation sites excluding steroid dienone is 2. The summed E-state index contributed by atoms with van der Waals surface area (Å²) >= 11 is 0. The summed E-state index contributed by atoms with van der Waals surface area (Å²) in [6, 6.07) is 9.54. The van der Waals surface area contributed by atoms with Crippen molar-refractivity contribution in [3.05, 3.63) is 84.1 Å². The Bertz CT molecular complexity index is 4270. The third-order valence-corrected chi connectivity index (χ3v) is 27.6. The summed E-state index contributed by atoms with van der Waals surface area (Å²) in [5, 5.41) is -1.22. The first kappa shape index (κ1) is 78.8. The van der Waals surface area contributed by atoms with Crippen LogP contribution in [-0.2, 0) is 98.5 Å². The summed E-state index contributed by atoms with van der Waals surface area (Å²) in [6.45, 7) is 24.0. The van der Waals surface area contributed by atoms with E-state index in [0.717, 1.165) is 68.9 Å². The molecule has 2 N–H and O–H groups in total. The molecule has 0 unspecified atom stereocenters. The topological polar surface area (TPSA) is 328 Å². The van der Waals surface area contributed by atoms with Crippen LogP contribution in [0.3, 0.4) is 0 Å². The number of rotatable bonds is 15. The van der Waals surface area contributed by atoms with Crippen molar-refractivity contribution < 1.29 is 83.7 Å². The van der Waals surface area contributed by atoms with Gasteiger partial charge in [0.25, 0.3) is 0 Å². The summed E-state index contributed by atoms with van der Waals surface area (Å²) in [7, 11) is -6.14. The van der Waals surface area contributed by atoms with Crippen LogP contribution < -0.4 is 18.9 Å². The highest BCUT2D eigenvalue weighted by atomic mass is 32.2. The second-order valence-corrected chi connectivity index (χ2v) is 38.8. The maximum atomic E-state index is 14.7. The smallest absolute Gasteiger partial charge is 0.410 e. The number of methoxy groups -OCH3 is 1. The third-order valence-electron chi connectivity index (χ3n) is 24.0.